The van der Waals surface area contributed by atoms with Crippen LogP contribution in [0.1, 0.15) is 16.8 Å². The maximum Gasteiger partial charge on any atom is 0.220 e. The van der Waals surface area contributed by atoms with Gasteiger partial charge in [0, 0.05) is 25.8 Å². The van der Waals surface area contributed by atoms with Crippen molar-refractivity contribution in [1.29, 1.82) is 0 Å². The van der Waals surface area contributed by atoms with Gasteiger partial charge in [-0.1, -0.05) is 17.7 Å². The summed E-state index contributed by atoms with van der Waals surface area (Å²) < 4.78 is 5.26. The van der Waals surface area contributed by atoms with E-state index >= 15 is 0 Å². The summed E-state index contributed by atoms with van der Waals surface area (Å²) in [6.45, 7) is 2.59. The Morgan fingerprint density at radius 2 is 2.29 bits per heavy atom. The fraction of sp³-hybridized carbons (Fsp3) is 0.333. The number of nitrogens with two attached hydrogens (primary N) is 1. The number of methoxy groups -OCH3 is 1. The number of hydrogen-bond acceptors (Lipinski definition) is 5. The lowest BCUT2D eigenvalue weighted by Gasteiger charge is -2.27. The van der Waals surface area contributed by atoms with Gasteiger partial charge < -0.3 is 10.5 Å². The van der Waals surface area contributed by atoms with Crippen molar-refractivity contribution < 1.29 is 4.74 Å². The van der Waals surface area contributed by atoms with Crippen molar-refractivity contribution in [2.24, 2.45) is 0 Å². The highest BCUT2D eigenvalue weighted by atomic mass is 35.5. The standard InChI is InChI=1S/C15H17ClN4O/c1-21-14-6-10(2-3-12(14)16)8-20-5-4-11-7-18-15(17)19-13(11)9-20/h2-3,6-7H,4-5,8-9H2,1H3,(H2,17,18,19). The van der Waals surface area contributed by atoms with Crippen LogP contribution in [0.4, 0.5) is 5.95 Å². The zero-order valence-corrected chi connectivity index (χ0v) is 12.6. The number of nitrogen functional groups attached to an aromatic ring is 1. The van der Waals surface area contributed by atoms with E-state index in [1.807, 2.05) is 24.4 Å². The molecule has 0 saturated carbocycles. The molecule has 110 valence electrons. The highest BCUT2D eigenvalue weighted by Crippen LogP contribution is 2.26. The van der Waals surface area contributed by atoms with Gasteiger partial charge in [-0.2, -0.15) is 0 Å². The minimum atomic E-state index is 0.337. The van der Waals surface area contributed by atoms with Gasteiger partial charge in [0.1, 0.15) is 5.75 Å². The van der Waals surface area contributed by atoms with Gasteiger partial charge in [-0.05, 0) is 29.7 Å². The van der Waals surface area contributed by atoms with Gasteiger partial charge in [0.25, 0.3) is 0 Å². The predicted octanol–water partition coefficient (Wildman–Crippen LogP) is 2.28. The Bertz CT molecular complexity index is 662. The first-order valence-corrected chi connectivity index (χ1v) is 7.18. The second-order valence-electron chi connectivity index (χ2n) is 5.13. The predicted molar refractivity (Wildman–Crippen MR) is 82.3 cm³/mol. The molecule has 0 saturated heterocycles. The minimum Gasteiger partial charge on any atom is -0.495 e. The zero-order valence-electron chi connectivity index (χ0n) is 11.8. The molecule has 1 aliphatic rings. The van der Waals surface area contributed by atoms with Crippen LogP contribution < -0.4 is 10.5 Å². The number of nitrogens with zero attached hydrogens (tertiary/aromatic N) is 3. The molecule has 2 aromatic rings. The van der Waals surface area contributed by atoms with Crippen LogP contribution in [0.25, 0.3) is 0 Å². The molecule has 21 heavy (non-hydrogen) atoms. The SMILES string of the molecule is COc1cc(CN2CCc3cnc(N)nc3C2)ccc1Cl. The molecule has 0 aliphatic carbocycles. The van der Waals surface area contributed by atoms with Gasteiger partial charge in [-0.3, -0.25) is 4.90 Å². The molecule has 0 bridgehead atoms. The summed E-state index contributed by atoms with van der Waals surface area (Å²) in [4.78, 5) is 10.7. The molecule has 0 spiro atoms. The normalized spacial score (nSPS) is 14.8. The van der Waals surface area contributed by atoms with Crippen molar-refractivity contribution in [2.75, 3.05) is 19.4 Å². The Kier molecular flexibility index (Phi) is 3.94. The van der Waals surface area contributed by atoms with Crippen molar-refractivity contribution in [1.82, 2.24) is 14.9 Å². The molecule has 0 amide bonds. The van der Waals surface area contributed by atoms with Gasteiger partial charge in [-0.25, -0.2) is 9.97 Å². The molecular formula is C15H17ClN4O. The number of fused-ring (bicyclic) bond motifs is 1. The van der Waals surface area contributed by atoms with Crippen LogP contribution in [0.5, 0.6) is 5.75 Å². The second kappa shape index (κ2) is 5.87. The van der Waals surface area contributed by atoms with E-state index in [4.69, 9.17) is 22.1 Å². The maximum atomic E-state index is 6.05. The van der Waals surface area contributed by atoms with E-state index in [1.54, 1.807) is 7.11 Å². The van der Waals surface area contributed by atoms with E-state index < -0.39 is 0 Å². The molecule has 0 fully saturated rings. The lowest BCUT2D eigenvalue weighted by atomic mass is 10.1. The van der Waals surface area contributed by atoms with E-state index in [0.29, 0.717) is 16.7 Å². The van der Waals surface area contributed by atoms with Crippen molar-refractivity contribution >= 4 is 17.5 Å². The van der Waals surface area contributed by atoms with Crippen molar-refractivity contribution in [2.45, 2.75) is 19.5 Å². The Hall–Kier alpha value is -1.85. The van der Waals surface area contributed by atoms with Gasteiger partial charge in [0.2, 0.25) is 5.95 Å². The summed E-state index contributed by atoms with van der Waals surface area (Å²) in [5.74, 6) is 1.04. The zero-order chi connectivity index (χ0) is 14.8. The smallest absolute Gasteiger partial charge is 0.220 e. The molecular weight excluding hydrogens is 288 g/mol. The summed E-state index contributed by atoms with van der Waals surface area (Å²) >= 11 is 6.05. The molecule has 3 rings (SSSR count). The Labute approximate surface area is 128 Å². The second-order valence-corrected chi connectivity index (χ2v) is 5.54. The summed E-state index contributed by atoms with van der Waals surface area (Å²) in [6.07, 6.45) is 2.78. The molecule has 5 nitrogen and oxygen atoms in total. The molecule has 1 aromatic heterocycles. The molecule has 2 N–H and O–H groups in total. The first-order valence-electron chi connectivity index (χ1n) is 6.81. The topological polar surface area (TPSA) is 64.3 Å². The third-order valence-electron chi connectivity index (χ3n) is 3.67. The quantitative estimate of drug-likeness (QED) is 0.942. The number of anilines is 1. The lowest BCUT2D eigenvalue weighted by Crippen LogP contribution is -2.31. The maximum absolute atomic E-state index is 6.05. The van der Waals surface area contributed by atoms with Crippen molar-refractivity contribution in [3.05, 3.63) is 46.2 Å². The van der Waals surface area contributed by atoms with Crippen LogP contribution in [-0.4, -0.2) is 28.5 Å². The van der Waals surface area contributed by atoms with Gasteiger partial charge in [-0.15, -0.1) is 0 Å². The molecule has 6 heteroatoms. The Morgan fingerprint density at radius 1 is 1.43 bits per heavy atom. The fourth-order valence-corrected chi connectivity index (χ4v) is 2.76. The van der Waals surface area contributed by atoms with Gasteiger partial charge in [0.15, 0.2) is 0 Å². The molecule has 0 atom stereocenters. The van der Waals surface area contributed by atoms with Crippen LogP contribution in [-0.2, 0) is 19.5 Å². The Balaban J connectivity index is 1.75. The van der Waals surface area contributed by atoms with E-state index in [2.05, 4.69) is 14.9 Å². The average Bonchev–Trinajstić information content (AvgIpc) is 2.49. The highest BCUT2D eigenvalue weighted by molar-refractivity contribution is 6.32. The average molecular weight is 305 g/mol. The highest BCUT2D eigenvalue weighted by Gasteiger charge is 2.18. The number of hydrogen-bond donors (Lipinski definition) is 1. The van der Waals surface area contributed by atoms with Crippen LogP contribution in [0.2, 0.25) is 5.02 Å². The van der Waals surface area contributed by atoms with E-state index in [-0.39, 0.29) is 0 Å². The van der Waals surface area contributed by atoms with Crippen LogP contribution in [0.15, 0.2) is 24.4 Å². The first-order chi connectivity index (χ1) is 10.2. The van der Waals surface area contributed by atoms with E-state index in [9.17, 15) is 0 Å². The molecule has 1 aliphatic heterocycles. The van der Waals surface area contributed by atoms with Gasteiger partial charge >= 0.3 is 0 Å². The van der Waals surface area contributed by atoms with E-state index in [0.717, 1.165) is 31.7 Å². The molecule has 0 unspecified atom stereocenters. The van der Waals surface area contributed by atoms with Crippen LogP contribution in [0, 0.1) is 0 Å². The first kappa shape index (κ1) is 14.1. The Morgan fingerprint density at radius 3 is 3.10 bits per heavy atom. The number of halogens is 1. The number of aromatic nitrogens is 2. The summed E-state index contributed by atoms with van der Waals surface area (Å²) in [5, 5.41) is 0.630. The third-order valence-corrected chi connectivity index (χ3v) is 3.98. The summed E-state index contributed by atoms with van der Waals surface area (Å²) in [6, 6.07) is 5.87. The molecule has 2 heterocycles. The van der Waals surface area contributed by atoms with Crippen LogP contribution >= 0.6 is 11.6 Å². The van der Waals surface area contributed by atoms with Crippen molar-refractivity contribution in [3.63, 3.8) is 0 Å². The lowest BCUT2D eigenvalue weighted by molar-refractivity contribution is 0.241. The monoisotopic (exact) mass is 304 g/mol. The minimum absolute atomic E-state index is 0.337. The largest absolute Gasteiger partial charge is 0.495 e. The summed E-state index contributed by atoms with van der Waals surface area (Å²) in [7, 11) is 1.63. The van der Waals surface area contributed by atoms with Crippen LogP contribution in [0.3, 0.4) is 0 Å². The number of benzene rings is 1. The van der Waals surface area contributed by atoms with Gasteiger partial charge in [0.05, 0.1) is 17.8 Å². The summed E-state index contributed by atoms with van der Waals surface area (Å²) in [5.41, 5.74) is 9.04. The van der Waals surface area contributed by atoms with Crippen molar-refractivity contribution in [3.8, 4) is 5.75 Å². The number of rotatable bonds is 3. The van der Waals surface area contributed by atoms with E-state index in [1.165, 1.54) is 11.1 Å². The third kappa shape index (κ3) is 3.09. The fourth-order valence-electron chi connectivity index (χ4n) is 2.57. The molecule has 0 radical (unpaired) electrons. The number of ether oxygens (including phenoxy) is 1. The molecule has 1 aromatic carbocycles.